The molecule has 1 atom stereocenters. The summed E-state index contributed by atoms with van der Waals surface area (Å²) < 4.78 is 0. The molecule has 1 aromatic rings. The zero-order valence-electron chi connectivity index (χ0n) is 7.60. The number of hydrogen-bond acceptors (Lipinski definition) is 4. The molecule has 0 radical (unpaired) electrons. The quantitative estimate of drug-likeness (QED) is 0.578. The fraction of sp³-hybridized carbons (Fsp3) is 0.222. The van der Waals surface area contributed by atoms with E-state index in [1.165, 1.54) is 12.1 Å². The summed E-state index contributed by atoms with van der Waals surface area (Å²) in [6.45, 7) is 0. The lowest BCUT2D eigenvalue weighted by Gasteiger charge is -2.06. The molecule has 0 aromatic heterocycles. The minimum absolute atomic E-state index is 0.0292. The van der Waals surface area contributed by atoms with Gasteiger partial charge < -0.3 is 5.32 Å². The number of benzene rings is 1. The van der Waals surface area contributed by atoms with Crippen LogP contribution in [0.1, 0.15) is 11.6 Å². The Kier molecular flexibility index (Phi) is 3.15. The summed E-state index contributed by atoms with van der Waals surface area (Å²) in [5.74, 6) is 0. The van der Waals surface area contributed by atoms with E-state index in [-0.39, 0.29) is 5.69 Å². The van der Waals surface area contributed by atoms with Crippen LogP contribution in [0, 0.1) is 21.4 Å². The van der Waals surface area contributed by atoms with Crippen LogP contribution in [0.5, 0.6) is 0 Å². The van der Waals surface area contributed by atoms with Crippen molar-refractivity contribution in [1.82, 2.24) is 5.32 Å². The molecule has 0 amide bonds. The topological polar surface area (TPSA) is 79.0 Å². The highest BCUT2D eigenvalue weighted by molar-refractivity contribution is 5.35. The standard InChI is InChI=1S/C9H9N3O2/c1-11-9(6-10)7-2-4-8(5-3-7)12(13)14/h2-5,9,11H,1H3. The van der Waals surface area contributed by atoms with E-state index in [9.17, 15) is 10.1 Å². The Hall–Kier alpha value is -1.93. The molecule has 5 nitrogen and oxygen atoms in total. The number of nitrogens with zero attached hydrogens (tertiary/aromatic N) is 2. The third-order valence-electron chi connectivity index (χ3n) is 1.86. The zero-order chi connectivity index (χ0) is 10.6. The van der Waals surface area contributed by atoms with Crippen LogP contribution in [0.3, 0.4) is 0 Å². The fourth-order valence-electron chi connectivity index (χ4n) is 1.09. The van der Waals surface area contributed by atoms with Crippen LogP contribution in [0.25, 0.3) is 0 Å². The van der Waals surface area contributed by atoms with E-state index in [0.717, 1.165) is 5.56 Å². The van der Waals surface area contributed by atoms with E-state index in [4.69, 9.17) is 5.26 Å². The Bertz CT molecular complexity index is 367. The second-order valence-electron chi connectivity index (χ2n) is 2.70. The molecule has 0 fully saturated rings. The van der Waals surface area contributed by atoms with Crippen molar-refractivity contribution in [2.24, 2.45) is 0 Å². The Morgan fingerprint density at radius 1 is 1.50 bits per heavy atom. The Morgan fingerprint density at radius 3 is 2.43 bits per heavy atom. The van der Waals surface area contributed by atoms with Crippen LogP contribution in [0.4, 0.5) is 5.69 Å². The second kappa shape index (κ2) is 4.35. The highest BCUT2D eigenvalue weighted by Crippen LogP contribution is 2.16. The van der Waals surface area contributed by atoms with Crippen molar-refractivity contribution >= 4 is 5.69 Å². The molecule has 0 spiro atoms. The fourth-order valence-corrected chi connectivity index (χ4v) is 1.09. The molecule has 1 aromatic carbocycles. The maximum Gasteiger partial charge on any atom is 0.269 e. The van der Waals surface area contributed by atoms with E-state index in [2.05, 4.69) is 5.32 Å². The van der Waals surface area contributed by atoms with Gasteiger partial charge in [0.05, 0.1) is 11.0 Å². The molecule has 1 N–H and O–H groups in total. The van der Waals surface area contributed by atoms with Crippen LogP contribution >= 0.6 is 0 Å². The van der Waals surface area contributed by atoms with Gasteiger partial charge >= 0.3 is 0 Å². The van der Waals surface area contributed by atoms with Gasteiger partial charge in [0.25, 0.3) is 5.69 Å². The first-order valence-corrected chi connectivity index (χ1v) is 4.00. The first-order valence-electron chi connectivity index (χ1n) is 4.00. The van der Waals surface area contributed by atoms with Gasteiger partial charge in [-0.2, -0.15) is 5.26 Å². The summed E-state index contributed by atoms with van der Waals surface area (Å²) in [7, 11) is 1.66. The van der Waals surface area contributed by atoms with Gasteiger partial charge in [-0.05, 0) is 24.7 Å². The number of nitrogens with one attached hydrogen (secondary N) is 1. The van der Waals surface area contributed by atoms with Crippen LogP contribution < -0.4 is 5.32 Å². The molecule has 0 aliphatic rings. The average molecular weight is 191 g/mol. The molecule has 0 saturated heterocycles. The summed E-state index contributed by atoms with van der Waals surface area (Å²) in [6.07, 6.45) is 0. The van der Waals surface area contributed by atoms with Gasteiger partial charge in [0.15, 0.2) is 0 Å². The number of non-ortho nitro benzene ring substituents is 1. The Morgan fingerprint density at radius 2 is 2.07 bits per heavy atom. The van der Waals surface area contributed by atoms with Gasteiger partial charge in [-0.15, -0.1) is 0 Å². The first kappa shape index (κ1) is 10.2. The minimum atomic E-state index is -0.468. The summed E-state index contributed by atoms with van der Waals surface area (Å²) in [5.41, 5.74) is 0.752. The van der Waals surface area contributed by atoms with Crippen molar-refractivity contribution < 1.29 is 4.92 Å². The van der Waals surface area contributed by atoms with Crippen molar-refractivity contribution in [2.45, 2.75) is 6.04 Å². The first-order chi connectivity index (χ1) is 6.69. The Labute approximate surface area is 81.1 Å². The molecule has 72 valence electrons. The number of hydrogen-bond donors (Lipinski definition) is 1. The van der Waals surface area contributed by atoms with Gasteiger partial charge in [0.2, 0.25) is 0 Å². The predicted octanol–water partition coefficient (Wildman–Crippen LogP) is 1.38. The minimum Gasteiger partial charge on any atom is -0.301 e. The van der Waals surface area contributed by atoms with Gasteiger partial charge in [0, 0.05) is 12.1 Å². The van der Waals surface area contributed by atoms with E-state index >= 15 is 0 Å². The third-order valence-corrected chi connectivity index (χ3v) is 1.86. The van der Waals surface area contributed by atoms with Crippen molar-refractivity contribution in [2.75, 3.05) is 7.05 Å². The van der Waals surface area contributed by atoms with E-state index in [1.807, 2.05) is 6.07 Å². The highest BCUT2D eigenvalue weighted by Gasteiger charge is 2.09. The molecule has 0 bridgehead atoms. The molecular formula is C9H9N3O2. The molecule has 1 unspecified atom stereocenters. The largest absolute Gasteiger partial charge is 0.301 e. The smallest absolute Gasteiger partial charge is 0.269 e. The number of nitro benzene ring substituents is 1. The van der Waals surface area contributed by atoms with Crippen LogP contribution in [0.15, 0.2) is 24.3 Å². The molecule has 14 heavy (non-hydrogen) atoms. The number of rotatable bonds is 3. The van der Waals surface area contributed by atoms with Crippen LogP contribution in [0.2, 0.25) is 0 Å². The molecule has 0 aliphatic carbocycles. The Balaban J connectivity index is 2.94. The zero-order valence-corrected chi connectivity index (χ0v) is 7.60. The summed E-state index contributed by atoms with van der Waals surface area (Å²) >= 11 is 0. The lowest BCUT2D eigenvalue weighted by Crippen LogP contribution is -2.13. The van der Waals surface area contributed by atoms with Crippen LogP contribution in [-0.4, -0.2) is 12.0 Å². The second-order valence-corrected chi connectivity index (χ2v) is 2.70. The summed E-state index contributed by atoms with van der Waals surface area (Å²) in [4.78, 5) is 9.88. The highest BCUT2D eigenvalue weighted by atomic mass is 16.6. The predicted molar refractivity (Wildman–Crippen MR) is 50.5 cm³/mol. The van der Waals surface area contributed by atoms with Crippen molar-refractivity contribution in [3.05, 3.63) is 39.9 Å². The molecule has 0 saturated carbocycles. The SMILES string of the molecule is CNC(C#N)c1ccc([N+](=O)[O-])cc1. The lowest BCUT2D eigenvalue weighted by atomic mass is 10.1. The summed E-state index contributed by atoms with van der Waals surface area (Å²) in [6, 6.07) is 7.53. The molecule has 1 rings (SSSR count). The monoisotopic (exact) mass is 191 g/mol. The summed E-state index contributed by atoms with van der Waals surface area (Å²) in [5, 5.41) is 21.8. The molecule has 5 heteroatoms. The number of nitro groups is 1. The maximum absolute atomic E-state index is 10.3. The van der Waals surface area contributed by atoms with E-state index < -0.39 is 11.0 Å². The molecule has 0 aliphatic heterocycles. The van der Waals surface area contributed by atoms with Gasteiger partial charge in [-0.1, -0.05) is 0 Å². The number of nitriles is 1. The normalized spacial score (nSPS) is 11.7. The maximum atomic E-state index is 10.3. The third kappa shape index (κ3) is 2.06. The van der Waals surface area contributed by atoms with E-state index in [0.29, 0.717) is 0 Å². The van der Waals surface area contributed by atoms with Crippen molar-refractivity contribution in [3.8, 4) is 6.07 Å². The molecule has 0 heterocycles. The molecular weight excluding hydrogens is 182 g/mol. The van der Waals surface area contributed by atoms with Gasteiger partial charge in [-0.3, -0.25) is 10.1 Å². The van der Waals surface area contributed by atoms with E-state index in [1.54, 1.807) is 19.2 Å². The van der Waals surface area contributed by atoms with Gasteiger partial charge in [0.1, 0.15) is 6.04 Å². The van der Waals surface area contributed by atoms with Crippen LogP contribution in [-0.2, 0) is 0 Å². The van der Waals surface area contributed by atoms with Crippen molar-refractivity contribution in [1.29, 1.82) is 5.26 Å². The lowest BCUT2D eigenvalue weighted by molar-refractivity contribution is -0.384. The van der Waals surface area contributed by atoms with Crippen molar-refractivity contribution in [3.63, 3.8) is 0 Å². The average Bonchev–Trinajstić information content (AvgIpc) is 2.20. The van der Waals surface area contributed by atoms with Gasteiger partial charge in [-0.25, -0.2) is 0 Å².